The average Bonchev–Trinajstić information content (AvgIpc) is 2.69. The highest BCUT2D eigenvalue weighted by molar-refractivity contribution is 7.89. The number of hydrogen-bond acceptors (Lipinski definition) is 4. The highest BCUT2D eigenvalue weighted by Crippen LogP contribution is 2.29. The van der Waals surface area contributed by atoms with Gasteiger partial charge < -0.3 is 10.1 Å². The molecule has 0 spiro atoms. The lowest BCUT2D eigenvalue weighted by Gasteiger charge is -2.29. The van der Waals surface area contributed by atoms with Gasteiger partial charge in [0.1, 0.15) is 16.5 Å². The van der Waals surface area contributed by atoms with Crippen LogP contribution in [0.2, 0.25) is 0 Å². The lowest BCUT2D eigenvalue weighted by molar-refractivity contribution is 0.102. The van der Waals surface area contributed by atoms with Gasteiger partial charge in [0, 0.05) is 17.3 Å². The molecule has 1 fully saturated rings. The quantitative estimate of drug-likeness (QED) is 0.741. The van der Waals surface area contributed by atoms with Gasteiger partial charge in [0.25, 0.3) is 5.91 Å². The number of nitrogens with one attached hydrogen (secondary N) is 2. The molecule has 1 aliphatic rings. The van der Waals surface area contributed by atoms with Crippen LogP contribution in [0, 0.1) is 11.7 Å². The lowest BCUT2D eigenvalue weighted by Crippen LogP contribution is -2.41. The predicted molar refractivity (Wildman–Crippen MR) is 109 cm³/mol. The molecule has 6 nitrogen and oxygen atoms in total. The summed E-state index contributed by atoms with van der Waals surface area (Å²) >= 11 is 0. The number of ether oxygens (including phenoxy) is 1. The van der Waals surface area contributed by atoms with Crippen LogP contribution >= 0.6 is 0 Å². The summed E-state index contributed by atoms with van der Waals surface area (Å²) in [7, 11) is -2.51. The highest BCUT2D eigenvalue weighted by Gasteiger charge is 2.29. The molecule has 0 aliphatic heterocycles. The van der Waals surface area contributed by atoms with Gasteiger partial charge in [-0.3, -0.25) is 4.79 Å². The normalized spacial score (nSPS) is 19.6. The fourth-order valence-electron chi connectivity index (χ4n) is 3.55. The highest BCUT2D eigenvalue weighted by atomic mass is 32.2. The molecule has 1 amide bonds. The van der Waals surface area contributed by atoms with E-state index in [2.05, 4.69) is 10.0 Å². The van der Waals surface area contributed by atoms with Crippen molar-refractivity contribution in [3.63, 3.8) is 0 Å². The van der Waals surface area contributed by atoms with Crippen molar-refractivity contribution in [3.05, 3.63) is 53.8 Å². The van der Waals surface area contributed by atoms with E-state index in [9.17, 15) is 17.6 Å². The standard InChI is InChI=1S/C21H25FN2O4S/c1-14-6-3-4-9-18(14)24-29(26,27)20-12-15(10-11-19(20)28-2)21(25)23-17-8-5-7-16(22)13-17/h5,7-8,10-14,18,24H,3-4,6,9H2,1-2H3,(H,23,25)/t14-,18+/m1/s1. The molecule has 0 bridgehead atoms. The minimum Gasteiger partial charge on any atom is -0.495 e. The molecule has 0 heterocycles. The number of amides is 1. The van der Waals surface area contributed by atoms with E-state index < -0.39 is 21.7 Å². The molecule has 2 aromatic carbocycles. The maximum Gasteiger partial charge on any atom is 0.255 e. The number of anilines is 1. The summed E-state index contributed by atoms with van der Waals surface area (Å²) in [4.78, 5) is 12.5. The van der Waals surface area contributed by atoms with Crippen LogP contribution < -0.4 is 14.8 Å². The number of rotatable bonds is 6. The second-order valence-electron chi connectivity index (χ2n) is 7.32. The fourth-order valence-corrected chi connectivity index (χ4v) is 5.13. The average molecular weight is 421 g/mol. The summed E-state index contributed by atoms with van der Waals surface area (Å²) < 4.78 is 47.4. The summed E-state index contributed by atoms with van der Waals surface area (Å²) in [6.45, 7) is 2.03. The Morgan fingerprint density at radius 1 is 1.14 bits per heavy atom. The first-order valence-electron chi connectivity index (χ1n) is 9.57. The van der Waals surface area contributed by atoms with Crippen LogP contribution in [0.25, 0.3) is 0 Å². The monoisotopic (exact) mass is 420 g/mol. The molecular formula is C21H25FN2O4S. The van der Waals surface area contributed by atoms with Crippen molar-refractivity contribution in [2.24, 2.45) is 5.92 Å². The van der Waals surface area contributed by atoms with Crippen LogP contribution in [0.3, 0.4) is 0 Å². The zero-order valence-electron chi connectivity index (χ0n) is 16.4. The first kappa shape index (κ1) is 21.3. The third-order valence-electron chi connectivity index (χ3n) is 5.22. The third-order valence-corrected chi connectivity index (χ3v) is 6.73. The maximum atomic E-state index is 13.3. The molecule has 0 radical (unpaired) electrons. The Hall–Kier alpha value is -2.45. The SMILES string of the molecule is COc1ccc(C(=O)Nc2cccc(F)c2)cc1S(=O)(=O)N[C@H]1CCCC[C@H]1C. The van der Waals surface area contributed by atoms with Crippen LogP contribution in [-0.4, -0.2) is 27.5 Å². The van der Waals surface area contributed by atoms with Gasteiger partial charge in [0.15, 0.2) is 0 Å². The number of carbonyl (C=O) groups is 1. The Morgan fingerprint density at radius 2 is 1.90 bits per heavy atom. The van der Waals surface area contributed by atoms with Crippen LogP contribution in [0.5, 0.6) is 5.75 Å². The largest absolute Gasteiger partial charge is 0.495 e. The van der Waals surface area contributed by atoms with Crippen molar-refractivity contribution >= 4 is 21.6 Å². The minimum atomic E-state index is -3.89. The summed E-state index contributed by atoms with van der Waals surface area (Å²) in [6, 6.07) is 9.52. The van der Waals surface area contributed by atoms with Crippen molar-refractivity contribution in [3.8, 4) is 5.75 Å². The summed E-state index contributed by atoms with van der Waals surface area (Å²) in [5, 5.41) is 2.57. The molecule has 1 aliphatic carbocycles. The lowest BCUT2D eigenvalue weighted by atomic mass is 9.87. The van der Waals surface area contributed by atoms with E-state index in [0.29, 0.717) is 0 Å². The predicted octanol–water partition coefficient (Wildman–Crippen LogP) is 3.94. The molecule has 2 aromatic rings. The minimum absolute atomic E-state index is 0.0929. The first-order valence-corrected chi connectivity index (χ1v) is 11.1. The summed E-state index contributed by atoms with van der Waals surface area (Å²) in [5.74, 6) is -0.625. The van der Waals surface area contributed by atoms with Gasteiger partial charge in [-0.2, -0.15) is 0 Å². The summed E-state index contributed by atoms with van der Waals surface area (Å²) in [6.07, 6.45) is 3.83. The van der Waals surface area contributed by atoms with Crippen molar-refractivity contribution in [2.75, 3.05) is 12.4 Å². The molecule has 2 N–H and O–H groups in total. The van der Waals surface area contributed by atoms with E-state index in [4.69, 9.17) is 4.74 Å². The van der Waals surface area contributed by atoms with Crippen molar-refractivity contribution in [1.29, 1.82) is 0 Å². The van der Waals surface area contributed by atoms with Gasteiger partial charge in [-0.1, -0.05) is 25.8 Å². The van der Waals surface area contributed by atoms with E-state index in [-0.39, 0.29) is 33.9 Å². The molecule has 1 saturated carbocycles. The Balaban J connectivity index is 1.87. The zero-order valence-corrected chi connectivity index (χ0v) is 17.3. The Kier molecular flexibility index (Phi) is 6.54. The van der Waals surface area contributed by atoms with E-state index in [0.717, 1.165) is 25.7 Å². The molecule has 2 atom stereocenters. The van der Waals surface area contributed by atoms with Gasteiger partial charge in [-0.25, -0.2) is 17.5 Å². The molecule has 0 saturated heterocycles. The second kappa shape index (κ2) is 8.92. The van der Waals surface area contributed by atoms with Gasteiger partial charge in [0.2, 0.25) is 10.0 Å². The van der Waals surface area contributed by atoms with Gasteiger partial charge >= 0.3 is 0 Å². The number of halogens is 1. The third kappa shape index (κ3) is 5.13. The number of methoxy groups -OCH3 is 1. The molecule has 156 valence electrons. The number of sulfonamides is 1. The second-order valence-corrected chi connectivity index (χ2v) is 9.00. The first-order chi connectivity index (χ1) is 13.8. The van der Waals surface area contributed by atoms with Crippen molar-refractivity contribution < 1.29 is 22.3 Å². The number of carbonyl (C=O) groups excluding carboxylic acids is 1. The molecule has 29 heavy (non-hydrogen) atoms. The van der Waals surface area contributed by atoms with Crippen molar-refractivity contribution in [2.45, 2.75) is 43.5 Å². The van der Waals surface area contributed by atoms with Crippen molar-refractivity contribution in [1.82, 2.24) is 4.72 Å². The molecular weight excluding hydrogens is 395 g/mol. The molecule has 0 aromatic heterocycles. The van der Waals surface area contributed by atoms with Crippen LogP contribution in [0.15, 0.2) is 47.4 Å². The van der Waals surface area contributed by atoms with Gasteiger partial charge in [-0.05, 0) is 55.2 Å². The van der Waals surface area contributed by atoms with Crippen LogP contribution in [0.1, 0.15) is 43.0 Å². The molecule has 3 rings (SSSR count). The van der Waals surface area contributed by atoms with Crippen LogP contribution in [0.4, 0.5) is 10.1 Å². The Labute approximate surface area is 170 Å². The number of hydrogen-bond donors (Lipinski definition) is 2. The molecule has 8 heteroatoms. The number of benzene rings is 2. The Morgan fingerprint density at radius 3 is 2.59 bits per heavy atom. The van der Waals surface area contributed by atoms with Crippen LogP contribution in [-0.2, 0) is 10.0 Å². The maximum absolute atomic E-state index is 13.3. The molecule has 0 unspecified atom stereocenters. The van der Waals surface area contributed by atoms with E-state index >= 15 is 0 Å². The zero-order chi connectivity index (χ0) is 21.0. The Bertz CT molecular complexity index is 994. The fraction of sp³-hybridized carbons (Fsp3) is 0.381. The van der Waals surface area contributed by atoms with E-state index in [1.54, 1.807) is 6.07 Å². The van der Waals surface area contributed by atoms with E-state index in [1.165, 1.54) is 43.5 Å². The summed E-state index contributed by atoms with van der Waals surface area (Å²) in [5.41, 5.74) is 0.413. The van der Waals surface area contributed by atoms with Gasteiger partial charge in [-0.15, -0.1) is 0 Å². The van der Waals surface area contributed by atoms with E-state index in [1.807, 2.05) is 6.92 Å². The van der Waals surface area contributed by atoms with Gasteiger partial charge in [0.05, 0.1) is 7.11 Å². The smallest absolute Gasteiger partial charge is 0.255 e. The topological polar surface area (TPSA) is 84.5 Å².